The minimum Gasteiger partial charge on any atom is -0.869 e. The van der Waals surface area contributed by atoms with Gasteiger partial charge < -0.3 is 5.11 Å². The van der Waals surface area contributed by atoms with E-state index in [9.17, 15) is 23.1 Å². The molecular formula is C10H5ClF3NaO2. The minimum atomic E-state index is -5.03. The van der Waals surface area contributed by atoms with E-state index in [0.29, 0.717) is 5.02 Å². The van der Waals surface area contributed by atoms with E-state index in [2.05, 4.69) is 0 Å². The molecule has 7 heteroatoms. The Kier molecular flexibility index (Phi) is 6.26. The molecule has 0 unspecified atom stereocenters. The molecule has 0 aliphatic carbocycles. The summed E-state index contributed by atoms with van der Waals surface area (Å²) >= 11 is 5.53. The second-order valence-electron chi connectivity index (χ2n) is 2.88. The fourth-order valence-corrected chi connectivity index (χ4v) is 1.02. The smallest absolute Gasteiger partial charge is 0.869 e. The quantitative estimate of drug-likeness (QED) is 0.310. The van der Waals surface area contributed by atoms with Gasteiger partial charge in [0.15, 0.2) is 5.78 Å². The summed E-state index contributed by atoms with van der Waals surface area (Å²) in [5, 5.41) is 10.8. The zero-order valence-electron chi connectivity index (χ0n) is 8.72. The molecule has 0 aliphatic rings. The molecule has 0 aliphatic heterocycles. The number of halogens is 4. The van der Waals surface area contributed by atoms with Gasteiger partial charge in [0.05, 0.1) is 0 Å². The van der Waals surface area contributed by atoms with E-state index >= 15 is 0 Å². The van der Waals surface area contributed by atoms with Crippen LogP contribution >= 0.6 is 11.6 Å². The molecule has 1 rings (SSSR count). The first-order valence-electron chi connectivity index (χ1n) is 4.06. The predicted molar refractivity (Wildman–Crippen MR) is 49.9 cm³/mol. The molecule has 0 atom stereocenters. The Morgan fingerprint density at radius 1 is 1.24 bits per heavy atom. The van der Waals surface area contributed by atoms with Crippen molar-refractivity contribution < 1.29 is 52.6 Å². The number of carbonyl (C=O) groups excluding carboxylic acids is 1. The van der Waals surface area contributed by atoms with Gasteiger partial charge in [-0.15, -0.1) is 0 Å². The van der Waals surface area contributed by atoms with E-state index < -0.39 is 17.7 Å². The standard InChI is InChI=1S/C10H6ClF3O2.Na/c11-7-3-1-6(2-4-7)8(15)5-9(16)10(12,13)14;/h1-5,16H;/q;+1/p-1/b9-5-;. The van der Waals surface area contributed by atoms with Crippen molar-refractivity contribution in [3.05, 3.63) is 46.7 Å². The average molecular weight is 273 g/mol. The van der Waals surface area contributed by atoms with Gasteiger partial charge in [0.2, 0.25) is 0 Å². The van der Waals surface area contributed by atoms with Crippen molar-refractivity contribution in [1.29, 1.82) is 0 Å². The summed E-state index contributed by atoms with van der Waals surface area (Å²) in [6, 6.07) is 5.18. The molecule has 0 saturated carbocycles. The Bertz CT molecular complexity index is 426. The minimum absolute atomic E-state index is 0. The largest absolute Gasteiger partial charge is 1.00 e. The van der Waals surface area contributed by atoms with E-state index in [4.69, 9.17) is 11.6 Å². The summed E-state index contributed by atoms with van der Waals surface area (Å²) in [5.74, 6) is -3.17. The fourth-order valence-electron chi connectivity index (χ4n) is 0.898. The van der Waals surface area contributed by atoms with Crippen LogP contribution in [-0.4, -0.2) is 12.0 Å². The first kappa shape index (κ1) is 16.5. The van der Waals surface area contributed by atoms with Gasteiger partial charge in [-0.3, -0.25) is 4.79 Å². The number of carbonyl (C=O) groups is 1. The number of benzene rings is 1. The van der Waals surface area contributed by atoms with Crippen molar-refractivity contribution in [2.75, 3.05) is 0 Å². The molecule has 0 heterocycles. The monoisotopic (exact) mass is 272 g/mol. The second kappa shape index (κ2) is 6.44. The molecule has 17 heavy (non-hydrogen) atoms. The van der Waals surface area contributed by atoms with Crippen LogP contribution in [-0.2, 0) is 0 Å². The number of hydrogen-bond donors (Lipinski definition) is 0. The molecule has 0 saturated heterocycles. The fraction of sp³-hybridized carbons (Fsp3) is 0.100. The summed E-state index contributed by atoms with van der Waals surface area (Å²) < 4.78 is 35.5. The molecule has 86 valence electrons. The number of rotatable bonds is 2. The Labute approximate surface area is 122 Å². The molecule has 0 bridgehead atoms. The Morgan fingerprint density at radius 3 is 2.12 bits per heavy atom. The average Bonchev–Trinajstić information content (AvgIpc) is 2.17. The topological polar surface area (TPSA) is 40.1 Å². The van der Waals surface area contributed by atoms with Crippen molar-refractivity contribution in [1.82, 2.24) is 0 Å². The van der Waals surface area contributed by atoms with Crippen LogP contribution in [0.3, 0.4) is 0 Å². The molecule has 0 N–H and O–H groups in total. The van der Waals surface area contributed by atoms with Gasteiger partial charge >= 0.3 is 35.7 Å². The Morgan fingerprint density at radius 2 is 1.71 bits per heavy atom. The van der Waals surface area contributed by atoms with Crippen LogP contribution < -0.4 is 34.7 Å². The van der Waals surface area contributed by atoms with E-state index in [0.717, 1.165) is 0 Å². The molecule has 0 aromatic heterocycles. The molecule has 1 aromatic rings. The van der Waals surface area contributed by atoms with Crippen LogP contribution in [0, 0.1) is 0 Å². The summed E-state index contributed by atoms with van der Waals surface area (Å²) in [6.07, 6.45) is -5.01. The van der Waals surface area contributed by atoms with Crippen LogP contribution in [0.1, 0.15) is 10.4 Å². The van der Waals surface area contributed by atoms with E-state index in [1.54, 1.807) is 0 Å². The predicted octanol–water partition coefficient (Wildman–Crippen LogP) is -0.667. The Balaban J connectivity index is 0.00000256. The van der Waals surface area contributed by atoms with E-state index in [1.807, 2.05) is 0 Å². The first-order valence-corrected chi connectivity index (χ1v) is 4.44. The maximum atomic E-state index is 11.8. The third-order valence-electron chi connectivity index (χ3n) is 1.67. The summed E-state index contributed by atoms with van der Waals surface area (Å²) in [6.45, 7) is 0. The molecule has 0 spiro atoms. The third kappa shape index (κ3) is 5.12. The SMILES string of the molecule is O=C(/C=C(\[O-])C(F)(F)F)c1ccc(Cl)cc1.[Na+]. The number of allylic oxidation sites excluding steroid dienone is 2. The van der Waals surface area contributed by atoms with Crippen molar-refractivity contribution in [3.8, 4) is 0 Å². The summed E-state index contributed by atoms with van der Waals surface area (Å²) in [7, 11) is 0. The second-order valence-corrected chi connectivity index (χ2v) is 3.31. The molecule has 2 nitrogen and oxygen atoms in total. The zero-order chi connectivity index (χ0) is 12.3. The molecule has 0 amide bonds. The van der Waals surface area contributed by atoms with Gasteiger partial charge in [-0.05, 0) is 36.1 Å². The van der Waals surface area contributed by atoms with Crippen molar-refractivity contribution >= 4 is 17.4 Å². The number of ketones is 1. The van der Waals surface area contributed by atoms with Gasteiger partial charge in [0.1, 0.15) is 0 Å². The first-order chi connectivity index (χ1) is 7.30. The van der Waals surface area contributed by atoms with Gasteiger partial charge in [-0.1, -0.05) is 11.6 Å². The Hall–Kier alpha value is -0.490. The van der Waals surface area contributed by atoms with Crippen LogP contribution in [0.25, 0.3) is 0 Å². The molecule has 0 radical (unpaired) electrons. The molecule has 0 fully saturated rings. The summed E-state index contributed by atoms with van der Waals surface area (Å²) in [5.41, 5.74) is -0.0259. The van der Waals surface area contributed by atoms with Gasteiger partial charge in [-0.2, -0.15) is 13.2 Å². The maximum absolute atomic E-state index is 11.8. The number of hydrogen-bond acceptors (Lipinski definition) is 2. The molecular weight excluding hydrogens is 268 g/mol. The normalized spacial score (nSPS) is 11.9. The van der Waals surface area contributed by atoms with Gasteiger partial charge in [0.25, 0.3) is 0 Å². The van der Waals surface area contributed by atoms with Gasteiger partial charge in [-0.25, -0.2) is 0 Å². The van der Waals surface area contributed by atoms with Crippen molar-refractivity contribution in [2.24, 2.45) is 0 Å². The van der Waals surface area contributed by atoms with Crippen LogP contribution in [0.4, 0.5) is 13.2 Å². The van der Waals surface area contributed by atoms with Crippen LogP contribution in [0.2, 0.25) is 5.02 Å². The van der Waals surface area contributed by atoms with Crippen molar-refractivity contribution in [3.63, 3.8) is 0 Å². The van der Waals surface area contributed by atoms with E-state index in [-0.39, 0.29) is 41.2 Å². The zero-order valence-corrected chi connectivity index (χ0v) is 11.5. The number of alkyl halides is 3. The maximum Gasteiger partial charge on any atom is 1.00 e. The third-order valence-corrected chi connectivity index (χ3v) is 1.92. The van der Waals surface area contributed by atoms with Crippen LogP contribution in [0.5, 0.6) is 0 Å². The summed E-state index contributed by atoms with van der Waals surface area (Å²) in [4.78, 5) is 11.2. The molecule has 1 aromatic carbocycles. The van der Waals surface area contributed by atoms with Gasteiger partial charge in [0, 0.05) is 10.6 Å². The van der Waals surface area contributed by atoms with Crippen molar-refractivity contribution in [2.45, 2.75) is 6.18 Å². The van der Waals surface area contributed by atoms with Crippen LogP contribution in [0.15, 0.2) is 36.1 Å². The van der Waals surface area contributed by atoms with E-state index in [1.165, 1.54) is 24.3 Å².